The lowest BCUT2D eigenvalue weighted by Crippen LogP contribution is -2.36. The van der Waals surface area contributed by atoms with E-state index in [9.17, 15) is 0 Å². The predicted octanol–water partition coefficient (Wildman–Crippen LogP) is 4.01. The Hall–Kier alpha value is -1.61. The third-order valence-corrected chi connectivity index (χ3v) is 7.27. The summed E-state index contributed by atoms with van der Waals surface area (Å²) in [7, 11) is 0. The van der Waals surface area contributed by atoms with Crippen LogP contribution in [0.1, 0.15) is 33.2 Å². The number of thiophene rings is 1. The Morgan fingerprint density at radius 1 is 0.929 bits per heavy atom. The summed E-state index contributed by atoms with van der Waals surface area (Å²) in [4.78, 5) is 23.9. The first-order valence-electron chi connectivity index (χ1n) is 9.48. The quantitative estimate of drug-likeness (QED) is 0.471. The van der Waals surface area contributed by atoms with Gasteiger partial charge in [0.2, 0.25) is 0 Å². The molecule has 0 spiro atoms. The second-order valence-electron chi connectivity index (χ2n) is 7.20. The van der Waals surface area contributed by atoms with Crippen LogP contribution in [0.2, 0.25) is 0 Å². The number of fused-ring (bicyclic) bond motifs is 1. The lowest BCUT2D eigenvalue weighted by atomic mass is 10.2. The monoisotopic (exact) mass is 415 g/mol. The highest BCUT2D eigenvalue weighted by Crippen LogP contribution is 2.37. The maximum atomic E-state index is 5.46. The molecule has 3 aromatic rings. The van der Waals surface area contributed by atoms with Crippen LogP contribution in [0, 0.1) is 34.6 Å². The van der Waals surface area contributed by atoms with Gasteiger partial charge in [0.1, 0.15) is 15.7 Å². The van der Waals surface area contributed by atoms with E-state index in [0.717, 1.165) is 76.0 Å². The first kappa shape index (κ1) is 19.7. The lowest BCUT2D eigenvalue weighted by molar-refractivity contribution is 0.0330. The Balaban J connectivity index is 1.74. The Morgan fingerprint density at radius 2 is 1.61 bits per heavy atom. The highest BCUT2D eigenvalue weighted by molar-refractivity contribution is 7.99. The van der Waals surface area contributed by atoms with Crippen LogP contribution < -0.4 is 0 Å². The highest BCUT2D eigenvalue weighted by Gasteiger charge is 2.19. The zero-order valence-electron chi connectivity index (χ0n) is 17.0. The molecule has 0 saturated carbocycles. The van der Waals surface area contributed by atoms with Gasteiger partial charge >= 0.3 is 0 Å². The molecule has 0 radical (unpaired) electrons. The van der Waals surface area contributed by atoms with Crippen LogP contribution in [0.4, 0.5) is 0 Å². The molecule has 148 valence electrons. The zero-order chi connectivity index (χ0) is 19.8. The van der Waals surface area contributed by atoms with Gasteiger partial charge in [-0.25, -0.2) is 19.9 Å². The Morgan fingerprint density at radius 3 is 2.29 bits per heavy atom. The fourth-order valence-electron chi connectivity index (χ4n) is 3.23. The molecule has 0 unspecified atom stereocenters. The standard InChI is InChI=1S/C20H25N5OS2/c1-11-13(3)21-20(22-14(11)4)28-19-17-12(2)15(5)27-18(17)23-16(24-19)10-25-6-8-26-9-7-25/h6-10H2,1-5H3. The van der Waals surface area contributed by atoms with Crippen molar-refractivity contribution in [2.24, 2.45) is 0 Å². The van der Waals surface area contributed by atoms with Crippen molar-refractivity contribution in [2.45, 2.75) is 51.3 Å². The maximum Gasteiger partial charge on any atom is 0.194 e. The number of aromatic nitrogens is 4. The van der Waals surface area contributed by atoms with Gasteiger partial charge in [-0.05, 0) is 57.5 Å². The Bertz CT molecular complexity index is 1000. The van der Waals surface area contributed by atoms with Gasteiger partial charge in [-0.1, -0.05) is 0 Å². The molecular weight excluding hydrogens is 390 g/mol. The summed E-state index contributed by atoms with van der Waals surface area (Å²) in [5.74, 6) is 0.860. The van der Waals surface area contributed by atoms with E-state index in [1.807, 2.05) is 13.8 Å². The first-order chi connectivity index (χ1) is 13.4. The number of morpholine rings is 1. The number of aryl methyl sites for hydroxylation is 4. The van der Waals surface area contributed by atoms with Crippen molar-refractivity contribution in [3.8, 4) is 0 Å². The van der Waals surface area contributed by atoms with Crippen LogP contribution in [-0.4, -0.2) is 51.1 Å². The molecule has 4 heterocycles. The number of nitrogens with zero attached hydrogens (tertiary/aromatic N) is 5. The van der Waals surface area contributed by atoms with Crippen LogP contribution in [0.5, 0.6) is 0 Å². The van der Waals surface area contributed by atoms with Crippen LogP contribution in [0.15, 0.2) is 10.2 Å². The molecule has 3 aromatic heterocycles. The Kier molecular flexibility index (Phi) is 5.64. The number of hydrogen-bond acceptors (Lipinski definition) is 8. The third-order valence-electron chi connectivity index (χ3n) is 5.31. The van der Waals surface area contributed by atoms with Gasteiger partial charge in [0.25, 0.3) is 0 Å². The van der Waals surface area contributed by atoms with E-state index in [1.165, 1.54) is 10.4 Å². The minimum absolute atomic E-state index is 0.746. The summed E-state index contributed by atoms with van der Waals surface area (Å²) < 4.78 is 5.46. The molecule has 1 aliphatic rings. The minimum Gasteiger partial charge on any atom is -0.379 e. The van der Waals surface area contributed by atoms with Gasteiger partial charge in [-0.15, -0.1) is 11.3 Å². The molecule has 0 bridgehead atoms. The molecule has 1 aliphatic heterocycles. The maximum absolute atomic E-state index is 5.46. The summed E-state index contributed by atoms with van der Waals surface area (Å²) in [6, 6.07) is 0. The molecule has 1 saturated heterocycles. The molecule has 0 aliphatic carbocycles. The van der Waals surface area contributed by atoms with Gasteiger partial charge in [0.15, 0.2) is 5.16 Å². The SMILES string of the molecule is Cc1nc(Sc2nc(CN3CCOCC3)nc3sc(C)c(C)c23)nc(C)c1C. The molecule has 4 rings (SSSR count). The molecule has 0 N–H and O–H groups in total. The lowest BCUT2D eigenvalue weighted by Gasteiger charge is -2.25. The van der Waals surface area contributed by atoms with E-state index < -0.39 is 0 Å². The predicted molar refractivity (Wildman–Crippen MR) is 113 cm³/mol. The van der Waals surface area contributed by atoms with Crippen LogP contribution in [0.3, 0.4) is 0 Å². The smallest absolute Gasteiger partial charge is 0.194 e. The van der Waals surface area contributed by atoms with Gasteiger partial charge in [0, 0.05) is 34.7 Å². The molecular formula is C20H25N5OS2. The van der Waals surface area contributed by atoms with E-state index in [1.54, 1.807) is 23.1 Å². The Labute approximate surface area is 173 Å². The molecule has 0 atom stereocenters. The molecule has 0 amide bonds. The van der Waals surface area contributed by atoms with E-state index in [0.29, 0.717) is 0 Å². The number of rotatable bonds is 4. The topological polar surface area (TPSA) is 64.0 Å². The van der Waals surface area contributed by atoms with Gasteiger partial charge in [-0.2, -0.15) is 0 Å². The highest BCUT2D eigenvalue weighted by atomic mass is 32.2. The molecule has 0 aromatic carbocycles. The fourth-order valence-corrected chi connectivity index (χ4v) is 5.39. The average Bonchev–Trinajstić information content (AvgIpc) is 2.94. The largest absolute Gasteiger partial charge is 0.379 e. The fraction of sp³-hybridized carbons (Fsp3) is 0.500. The van der Waals surface area contributed by atoms with Gasteiger partial charge in [-0.3, -0.25) is 4.90 Å². The third kappa shape index (κ3) is 3.91. The van der Waals surface area contributed by atoms with E-state index in [-0.39, 0.29) is 0 Å². The normalized spacial score (nSPS) is 15.5. The van der Waals surface area contributed by atoms with Crippen molar-refractivity contribution in [3.63, 3.8) is 0 Å². The van der Waals surface area contributed by atoms with Crippen molar-refractivity contribution in [3.05, 3.63) is 33.2 Å². The van der Waals surface area contributed by atoms with Gasteiger partial charge in [0.05, 0.1) is 19.8 Å². The van der Waals surface area contributed by atoms with E-state index >= 15 is 0 Å². The molecule has 8 heteroatoms. The molecule has 6 nitrogen and oxygen atoms in total. The number of hydrogen-bond donors (Lipinski definition) is 0. The van der Waals surface area contributed by atoms with Crippen molar-refractivity contribution in [2.75, 3.05) is 26.3 Å². The molecule has 28 heavy (non-hydrogen) atoms. The second-order valence-corrected chi connectivity index (χ2v) is 9.36. The summed E-state index contributed by atoms with van der Waals surface area (Å²) >= 11 is 3.29. The van der Waals surface area contributed by atoms with Gasteiger partial charge < -0.3 is 4.74 Å². The van der Waals surface area contributed by atoms with E-state index in [2.05, 4.69) is 35.6 Å². The summed E-state index contributed by atoms with van der Waals surface area (Å²) in [5, 5.41) is 2.84. The molecule has 1 fully saturated rings. The number of ether oxygens (including phenoxy) is 1. The van der Waals surface area contributed by atoms with Crippen molar-refractivity contribution >= 4 is 33.3 Å². The summed E-state index contributed by atoms with van der Waals surface area (Å²) in [6.07, 6.45) is 0. The van der Waals surface area contributed by atoms with Crippen molar-refractivity contribution < 1.29 is 4.74 Å². The zero-order valence-corrected chi connectivity index (χ0v) is 18.6. The summed E-state index contributed by atoms with van der Waals surface area (Å²) in [6.45, 7) is 14.6. The van der Waals surface area contributed by atoms with Crippen LogP contribution in [-0.2, 0) is 11.3 Å². The van der Waals surface area contributed by atoms with Crippen LogP contribution >= 0.6 is 23.1 Å². The average molecular weight is 416 g/mol. The van der Waals surface area contributed by atoms with Crippen molar-refractivity contribution in [1.82, 2.24) is 24.8 Å². The van der Waals surface area contributed by atoms with Crippen LogP contribution in [0.25, 0.3) is 10.2 Å². The summed E-state index contributed by atoms with van der Waals surface area (Å²) in [5.41, 5.74) is 4.44. The van der Waals surface area contributed by atoms with E-state index in [4.69, 9.17) is 14.7 Å². The minimum atomic E-state index is 0.746. The second kappa shape index (κ2) is 8.02. The van der Waals surface area contributed by atoms with Crippen molar-refractivity contribution in [1.29, 1.82) is 0 Å². The first-order valence-corrected chi connectivity index (χ1v) is 11.1.